The first kappa shape index (κ1) is 17.7. The predicted molar refractivity (Wildman–Crippen MR) is 92.6 cm³/mol. The molecule has 0 radical (unpaired) electrons. The lowest BCUT2D eigenvalue weighted by Crippen LogP contribution is -2.49. The van der Waals surface area contributed by atoms with E-state index >= 15 is 0 Å². The molecule has 0 amide bonds. The van der Waals surface area contributed by atoms with E-state index in [-0.39, 0.29) is 11.6 Å². The lowest BCUT2D eigenvalue weighted by molar-refractivity contribution is -0.0779. The molecular weight excluding hydrogens is 328 g/mol. The Morgan fingerprint density at radius 2 is 2.29 bits per heavy atom. The van der Waals surface area contributed by atoms with Crippen molar-refractivity contribution in [2.75, 3.05) is 33.1 Å². The van der Waals surface area contributed by atoms with Gasteiger partial charge in [-0.2, -0.15) is 0 Å². The van der Waals surface area contributed by atoms with Gasteiger partial charge in [0, 0.05) is 32.3 Å². The third-order valence-electron chi connectivity index (χ3n) is 4.81. The second-order valence-electron chi connectivity index (χ2n) is 6.92. The first-order valence-corrected chi connectivity index (χ1v) is 10.2. The molecule has 7 heteroatoms. The van der Waals surface area contributed by atoms with Gasteiger partial charge in [-0.3, -0.25) is 4.90 Å². The van der Waals surface area contributed by atoms with Crippen molar-refractivity contribution in [2.45, 2.75) is 37.5 Å². The molecule has 1 aromatic carbocycles. The SMILES string of the molecule is COc1cccc(CN2CC[C@@]3(C[C@@H](NS(C)(=O)=O)CCO3)C2)c1. The fraction of sp³-hybridized carbons (Fsp3) is 0.647. The molecule has 2 saturated heterocycles. The molecule has 0 unspecified atom stereocenters. The molecule has 2 heterocycles. The van der Waals surface area contributed by atoms with Gasteiger partial charge in [0.15, 0.2) is 0 Å². The highest BCUT2D eigenvalue weighted by Crippen LogP contribution is 2.35. The quantitative estimate of drug-likeness (QED) is 0.865. The molecule has 6 nitrogen and oxygen atoms in total. The van der Waals surface area contributed by atoms with Gasteiger partial charge in [0.2, 0.25) is 10.0 Å². The maximum atomic E-state index is 11.5. The number of hydrogen-bond donors (Lipinski definition) is 1. The number of hydrogen-bond acceptors (Lipinski definition) is 5. The Hall–Kier alpha value is -1.15. The molecule has 1 N–H and O–H groups in total. The predicted octanol–water partition coefficient (Wildman–Crippen LogP) is 1.37. The number of methoxy groups -OCH3 is 1. The van der Waals surface area contributed by atoms with E-state index in [2.05, 4.69) is 21.8 Å². The molecular formula is C17H26N2O4S. The van der Waals surface area contributed by atoms with Gasteiger partial charge in [-0.15, -0.1) is 0 Å². The van der Waals surface area contributed by atoms with Crippen LogP contribution in [0.3, 0.4) is 0 Å². The highest BCUT2D eigenvalue weighted by atomic mass is 32.2. The van der Waals surface area contributed by atoms with Crippen LogP contribution >= 0.6 is 0 Å². The number of likely N-dealkylation sites (tertiary alicyclic amines) is 1. The number of rotatable bonds is 5. The monoisotopic (exact) mass is 354 g/mol. The largest absolute Gasteiger partial charge is 0.497 e. The van der Waals surface area contributed by atoms with Gasteiger partial charge in [-0.1, -0.05) is 12.1 Å². The lowest BCUT2D eigenvalue weighted by Gasteiger charge is -2.38. The summed E-state index contributed by atoms with van der Waals surface area (Å²) in [7, 11) is -1.50. The molecule has 2 aliphatic rings. The Bertz CT molecular complexity index is 679. The van der Waals surface area contributed by atoms with Crippen LogP contribution in [0.25, 0.3) is 0 Å². The summed E-state index contributed by atoms with van der Waals surface area (Å²) in [5.41, 5.74) is 0.993. The standard InChI is InChI=1S/C17H26N2O4S/c1-22-16-5-3-4-14(10-16)12-19-8-7-17(13-19)11-15(6-9-23-17)18-24(2,20)21/h3-5,10,15,18H,6-9,11-13H2,1-2H3/t15-,17+/m0/s1. The number of ether oxygens (including phenoxy) is 2. The van der Waals surface area contributed by atoms with Gasteiger partial charge in [-0.05, 0) is 37.0 Å². The van der Waals surface area contributed by atoms with Crippen molar-refractivity contribution in [3.05, 3.63) is 29.8 Å². The van der Waals surface area contributed by atoms with Gasteiger partial charge in [0.25, 0.3) is 0 Å². The zero-order valence-corrected chi connectivity index (χ0v) is 15.1. The van der Waals surface area contributed by atoms with E-state index in [0.29, 0.717) is 6.61 Å². The van der Waals surface area contributed by atoms with Crippen LogP contribution in [-0.4, -0.2) is 58.0 Å². The van der Waals surface area contributed by atoms with Crippen LogP contribution in [-0.2, 0) is 21.3 Å². The summed E-state index contributed by atoms with van der Waals surface area (Å²) < 4.78 is 37.1. The van der Waals surface area contributed by atoms with Gasteiger partial charge >= 0.3 is 0 Å². The summed E-state index contributed by atoms with van der Waals surface area (Å²) in [6, 6.07) is 8.08. The summed E-state index contributed by atoms with van der Waals surface area (Å²) in [5.74, 6) is 0.868. The smallest absolute Gasteiger partial charge is 0.208 e. The fourth-order valence-electron chi connectivity index (χ4n) is 3.81. The number of sulfonamides is 1. The molecule has 0 aliphatic carbocycles. The Morgan fingerprint density at radius 1 is 1.46 bits per heavy atom. The minimum Gasteiger partial charge on any atom is -0.497 e. The summed E-state index contributed by atoms with van der Waals surface area (Å²) >= 11 is 0. The Balaban J connectivity index is 1.61. The first-order chi connectivity index (χ1) is 11.4. The summed E-state index contributed by atoms with van der Waals surface area (Å²) in [4.78, 5) is 2.37. The van der Waals surface area contributed by atoms with E-state index < -0.39 is 10.0 Å². The molecule has 2 atom stereocenters. The van der Waals surface area contributed by atoms with Crippen molar-refractivity contribution in [3.8, 4) is 5.75 Å². The highest BCUT2D eigenvalue weighted by Gasteiger charge is 2.43. The topological polar surface area (TPSA) is 67.9 Å². The minimum atomic E-state index is -3.17. The van der Waals surface area contributed by atoms with Gasteiger partial charge in [0.1, 0.15) is 5.75 Å². The van der Waals surface area contributed by atoms with E-state index in [1.165, 1.54) is 11.8 Å². The zero-order chi connectivity index (χ0) is 17.2. The molecule has 1 aromatic rings. The first-order valence-electron chi connectivity index (χ1n) is 8.34. The molecule has 1 spiro atoms. The van der Waals surface area contributed by atoms with Crippen LogP contribution in [0.15, 0.2) is 24.3 Å². The fourth-order valence-corrected chi connectivity index (χ4v) is 4.61. The number of benzene rings is 1. The summed E-state index contributed by atoms with van der Waals surface area (Å²) in [5, 5.41) is 0. The third kappa shape index (κ3) is 4.47. The summed E-state index contributed by atoms with van der Waals surface area (Å²) in [6.07, 6.45) is 3.65. The van der Waals surface area contributed by atoms with Crippen molar-refractivity contribution in [1.82, 2.24) is 9.62 Å². The van der Waals surface area contributed by atoms with Crippen LogP contribution in [0.2, 0.25) is 0 Å². The molecule has 2 aliphatic heterocycles. The Morgan fingerprint density at radius 3 is 3.04 bits per heavy atom. The highest BCUT2D eigenvalue weighted by molar-refractivity contribution is 7.88. The number of nitrogens with one attached hydrogen (secondary N) is 1. The van der Waals surface area contributed by atoms with Crippen molar-refractivity contribution in [3.63, 3.8) is 0 Å². The second kappa shape index (κ2) is 7.00. The van der Waals surface area contributed by atoms with Crippen LogP contribution < -0.4 is 9.46 Å². The van der Waals surface area contributed by atoms with E-state index in [9.17, 15) is 8.42 Å². The van der Waals surface area contributed by atoms with E-state index in [0.717, 1.165) is 44.6 Å². The maximum Gasteiger partial charge on any atom is 0.208 e. The van der Waals surface area contributed by atoms with Crippen molar-refractivity contribution in [2.24, 2.45) is 0 Å². The average Bonchev–Trinajstić information content (AvgIpc) is 2.88. The molecule has 24 heavy (non-hydrogen) atoms. The molecule has 0 bridgehead atoms. The van der Waals surface area contributed by atoms with Crippen molar-refractivity contribution < 1.29 is 17.9 Å². The Kier molecular flexibility index (Phi) is 5.15. The van der Waals surface area contributed by atoms with Crippen LogP contribution in [0.5, 0.6) is 5.75 Å². The summed E-state index contributed by atoms with van der Waals surface area (Å²) in [6.45, 7) is 3.27. The average molecular weight is 354 g/mol. The molecule has 0 saturated carbocycles. The second-order valence-corrected chi connectivity index (χ2v) is 8.70. The van der Waals surface area contributed by atoms with Gasteiger partial charge < -0.3 is 9.47 Å². The molecule has 134 valence electrons. The normalized spacial score (nSPS) is 28.3. The van der Waals surface area contributed by atoms with Crippen molar-refractivity contribution in [1.29, 1.82) is 0 Å². The molecule has 3 rings (SSSR count). The van der Waals surface area contributed by atoms with E-state index in [4.69, 9.17) is 9.47 Å². The number of nitrogens with zero attached hydrogens (tertiary/aromatic N) is 1. The lowest BCUT2D eigenvalue weighted by atomic mass is 9.90. The van der Waals surface area contributed by atoms with Crippen LogP contribution in [0.1, 0.15) is 24.8 Å². The maximum absolute atomic E-state index is 11.5. The zero-order valence-electron chi connectivity index (χ0n) is 14.3. The van der Waals surface area contributed by atoms with Gasteiger partial charge in [0.05, 0.1) is 19.0 Å². The van der Waals surface area contributed by atoms with Crippen LogP contribution in [0.4, 0.5) is 0 Å². The van der Waals surface area contributed by atoms with E-state index in [1.807, 2.05) is 12.1 Å². The third-order valence-corrected chi connectivity index (χ3v) is 5.57. The van der Waals surface area contributed by atoms with E-state index in [1.54, 1.807) is 7.11 Å². The molecule has 2 fully saturated rings. The Labute approximate surface area is 144 Å². The van der Waals surface area contributed by atoms with Crippen LogP contribution in [0, 0.1) is 0 Å². The van der Waals surface area contributed by atoms with Gasteiger partial charge in [-0.25, -0.2) is 13.1 Å². The minimum absolute atomic E-state index is 0.0227. The molecule has 0 aromatic heterocycles. The van der Waals surface area contributed by atoms with Crippen molar-refractivity contribution >= 4 is 10.0 Å².